The normalized spacial score (nSPS) is 30.9. The Morgan fingerprint density at radius 2 is 2.60 bits per heavy atom. The molecule has 0 aliphatic carbocycles. The number of nitrogens with one attached hydrogen (secondary N) is 1. The lowest BCUT2D eigenvalue weighted by molar-refractivity contribution is 0.315. The summed E-state index contributed by atoms with van der Waals surface area (Å²) in [4.78, 5) is 0. The summed E-state index contributed by atoms with van der Waals surface area (Å²) in [7, 11) is -2.02. The first-order valence-electron chi connectivity index (χ1n) is 3.06. The van der Waals surface area contributed by atoms with E-state index in [0.29, 0.717) is 6.61 Å². The molecule has 0 spiro atoms. The quantitative estimate of drug-likeness (QED) is 0.504. The summed E-state index contributed by atoms with van der Waals surface area (Å²) >= 11 is 4.22. The minimum atomic E-state index is -2.02. The van der Waals surface area contributed by atoms with Crippen LogP contribution in [0.3, 0.4) is 0 Å². The zero-order valence-electron chi connectivity index (χ0n) is 6.00. The van der Waals surface area contributed by atoms with Gasteiger partial charge in [0.05, 0.1) is 24.6 Å². The van der Waals surface area contributed by atoms with Gasteiger partial charge in [-0.15, -0.1) is 0 Å². The molecule has 0 aromatic heterocycles. The van der Waals surface area contributed by atoms with Crippen LogP contribution in [0.25, 0.3) is 0 Å². The molecule has 10 heavy (non-hydrogen) atoms. The summed E-state index contributed by atoms with van der Waals surface area (Å²) in [6.45, 7) is 4.44. The predicted octanol–water partition coefficient (Wildman–Crippen LogP) is 2.11. The van der Waals surface area contributed by atoms with Crippen LogP contribution in [0.15, 0.2) is 12.0 Å². The molecule has 0 bridgehead atoms. The van der Waals surface area contributed by atoms with E-state index in [1.807, 2.05) is 13.8 Å². The van der Waals surface area contributed by atoms with E-state index >= 15 is 0 Å². The van der Waals surface area contributed by atoms with Crippen LogP contribution in [-0.4, -0.2) is 6.61 Å². The second kappa shape index (κ2) is 2.99. The average Bonchev–Trinajstić information content (AvgIpc) is 2.12. The monoisotopic (exact) mass is 180 g/mol. The van der Waals surface area contributed by atoms with E-state index in [2.05, 4.69) is 17.3 Å². The SMILES string of the molecule is CCO[P+]1(S)NC(C)=CO1. The average molecular weight is 180 g/mol. The van der Waals surface area contributed by atoms with Crippen molar-refractivity contribution in [2.24, 2.45) is 0 Å². The largest absolute Gasteiger partial charge is 0.477 e. The van der Waals surface area contributed by atoms with Crippen molar-refractivity contribution in [1.82, 2.24) is 5.09 Å². The lowest BCUT2D eigenvalue weighted by Gasteiger charge is -2.09. The first-order valence-corrected chi connectivity index (χ1v) is 5.84. The lowest BCUT2D eigenvalue weighted by atomic mass is 10.6. The van der Waals surface area contributed by atoms with Crippen molar-refractivity contribution < 1.29 is 9.05 Å². The zero-order chi connectivity index (χ0) is 7.61. The van der Waals surface area contributed by atoms with Gasteiger partial charge in [0, 0.05) is 0 Å². The van der Waals surface area contributed by atoms with Crippen molar-refractivity contribution in [1.29, 1.82) is 0 Å². The third-order valence-corrected chi connectivity index (χ3v) is 3.56. The molecule has 0 aromatic rings. The van der Waals surface area contributed by atoms with Gasteiger partial charge in [0.1, 0.15) is 0 Å². The van der Waals surface area contributed by atoms with Crippen LogP contribution in [0, 0.1) is 0 Å². The molecule has 1 aliphatic rings. The van der Waals surface area contributed by atoms with Crippen molar-refractivity contribution >= 4 is 19.3 Å². The van der Waals surface area contributed by atoms with E-state index < -0.39 is 7.07 Å². The first kappa shape index (κ1) is 8.18. The summed E-state index contributed by atoms with van der Waals surface area (Å²) < 4.78 is 10.4. The molecule has 3 nitrogen and oxygen atoms in total. The topological polar surface area (TPSA) is 30.5 Å². The van der Waals surface area contributed by atoms with Gasteiger partial charge in [-0.25, -0.2) is 0 Å². The third-order valence-electron chi connectivity index (χ3n) is 0.994. The highest BCUT2D eigenvalue weighted by Crippen LogP contribution is 2.65. The van der Waals surface area contributed by atoms with Crippen LogP contribution in [0.5, 0.6) is 0 Å². The highest BCUT2D eigenvalue weighted by atomic mass is 32.7. The Labute approximate surface area is 66.5 Å². The molecule has 58 valence electrons. The summed E-state index contributed by atoms with van der Waals surface area (Å²) in [5.41, 5.74) is 0.969. The van der Waals surface area contributed by atoms with E-state index in [1.54, 1.807) is 6.26 Å². The van der Waals surface area contributed by atoms with Gasteiger partial charge in [-0.05, 0) is 13.8 Å². The summed E-state index contributed by atoms with van der Waals surface area (Å²) in [6, 6.07) is 0. The van der Waals surface area contributed by atoms with Gasteiger partial charge in [-0.1, -0.05) is 0 Å². The van der Waals surface area contributed by atoms with Crippen molar-refractivity contribution in [3.05, 3.63) is 12.0 Å². The molecule has 0 radical (unpaired) electrons. The van der Waals surface area contributed by atoms with E-state index in [9.17, 15) is 0 Å². The number of rotatable bonds is 2. The Morgan fingerprint density at radius 1 is 1.90 bits per heavy atom. The molecule has 0 aromatic carbocycles. The fourth-order valence-corrected chi connectivity index (χ4v) is 2.95. The molecule has 0 saturated carbocycles. The minimum Gasteiger partial charge on any atom is -0.287 e. The fourth-order valence-electron chi connectivity index (χ4n) is 0.664. The van der Waals surface area contributed by atoms with Gasteiger partial charge in [0.2, 0.25) is 0 Å². The molecule has 1 atom stereocenters. The zero-order valence-corrected chi connectivity index (χ0v) is 7.78. The van der Waals surface area contributed by atoms with Crippen LogP contribution in [-0.2, 0) is 9.05 Å². The van der Waals surface area contributed by atoms with Crippen molar-refractivity contribution in [3.63, 3.8) is 0 Å². The number of allylic oxidation sites excluding steroid dienone is 1. The van der Waals surface area contributed by atoms with E-state index in [1.165, 1.54) is 0 Å². The van der Waals surface area contributed by atoms with Crippen LogP contribution in [0.1, 0.15) is 13.8 Å². The first-order chi connectivity index (χ1) is 4.66. The molecular weight excluding hydrogens is 169 g/mol. The van der Waals surface area contributed by atoms with E-state index in [0.717, 1.165) is 5.70 Å². The second-order valence-corrected chi connectivity index (χ2v) is 5.27. The van der Waals surface area contributed by atoms with Crippen LogP contribution < -0.4 is 5.09 Å². The maximum Gasteiger partial charge on any atom is 0.477 e. The standard InChI is InChI=1S/C5H11NO2PS/c1-3-7-9(10)6-5(2)4-8-9/h4,6,10H,3H2,1-2H3/q+1. The lowest BCUT2D eigenvalue weighted by Crippen LogP contribution is -2.06. The second-order valence-electron chi connectivity index (χ2n) is 1.96. The highest BCUT2D eigenvalue weighted by Gasteiger charge is 2.43. The summed E-state index contributed by atoms with van der Waals surface area (Å²) in [6.07, 6.45) is 1.64. The molecule has 1 rings (SSSR count). The van der Waals surface area contributed by atoms with Crippen molar-refractivity contribution in [2.45, 2.75) is 13.8 Å². The number of hydrogen-bond donors (Lipinski definition) is 2. The molecule has 1 aliphatic heterocycles. The van der Waals surface area contributed by atoms with Gasteiger partial charge in [-0.3, -0.25) is 4.52 Å². The fraction of sp³-hybridized carbons (Fsp3) is 0.600. The summed E-state index contributed by atoms with van der Waals surface area (Å²) in [5, 5.41) is 3.02. The Morgan fingerprint density at radius 3 is 3.00 bits per heavy atom. The molecular formula is C5H11NO2PS+. The molecule has 0 saturated heterocycles. The molecule has 0 amide bonds. The molecule has 1 heterocycles. The van der Waals surface area contributed by atoms with E-state index in [4.69, 9.17) is 9.05 Å². The Balaban J connectivity index is 2.44. The Hall–Kier alpha value is 0.0800. The maximum absolute atomic E-state index is 5.25. The maximum atomic E-state index is 5.25. The van der Waals surface area contributed by atoms with E-state index in [-0.39, 0.29) is 0 Å². The highest BCUT2D eigenvalue weighted by molar-refractivity contribution is 8.48. The molecule has 0 fully saturated rings. The Bertz CT molecular complexity index is 164. The molecule has 1 N–H and O–H groups in total. The van der Waals surface area contributed by atoms with Crippen LogP contribution in [0.4, 0.5) is 0 Å². The molecule has 1 unspecified atom stereocenters. The summed E-state index contributed by atoms with van der Waals surface area (Å²) in [5.74, 6) is 0. The van der Waals surface area contributed by atoms with Crippen LogP contribution >= 0.6 is 19.3 Å². The van der Waals surface area contributed by atoms with Gasteiger partial charge in [-0.2, -0.15) is 9.61 Å². The van der Waals surface area contributed by atoms with Crippen LogP contribution in [0.2, 0.25) is 0 Å². The van der Waals surface area contributed by atoms with Gasteiger partial charge < -0.3 is 0 Å². The molecule has 5 heteroatoms. The smallest absolute Gasteiger partial charge is 0.287 e. The van der Waals surface area contributed by atoms with Gasteiger partial charge in [0.15, 0.2) is 6.26 Å². The Kier molecular flexibility index (Phi) is 2.45. The minimum absolute atomic E-state index is 0.616. The van der Waals surface area contributed by atoms with Gasteiger partial charge in [0.25, 0.3) is 0 Å². The number of thiol groups is 1. The third kappa shape index (κ3) is 1.78. The number of hydrogen-bond acceptors (Lipinski definition) is 4. The predicted molar refractivity (Wildman–Crippen MR) is 45.5 cm³/mol. The van der Waals surface area contributed by atoms with Crippen molar-refractivity contribution in [2.75, 3.05) is 6.61 Å². The van der Waals surface area contributed by atoms with Crippen molar-refractivity contribution in [3.8, 4) is 0 Å². The van der Waals surface area contributed by atoms with Gasteiger partial charge >= 0.3 is 7.07 Å².